The number of rotatable bonds is 3. The Hall–Kier alpha value is -2.51. The molecule has 4 amide bonds. The van der Waals surface area contributed by atoms with Gasteiger partial charge in [0, 0.05) is 25.3 Å². The molecule has 2 heterocycles. The lowest BCUT2D eigenvalue weighted by Gasteiger charge is -2.16. The molecule has 2 aliphatic heterocycles. The highest BCUT2D eigenvalue weighted by molar-refractivity contribution is 6.20. The molecule has 0 spiro atoms. The highest BCUT2D eigenvalue weighted by Gasteiger charge is 2.43. The van der Waals surface area contributed by atoms with Crippen molar-refractivity contribution in [3.05, 3.63) is 11.8 Å². The minimum atomic E-state index is -0.990. The molecule has 0 bridgehead atoms. The van der Waals surface area contributed by atoms with Crippen LogP contribution in [0.3, 0.4) is 0 Å². The van der Waals surface area contributed by atoms with E-state index in [0.717, 1.165) is 6.08 Å². The van der Waals surface area contributed by atoms with Crippen LogP contribution < -0.4 is 0 Å². The lowest BCUT2D eigenvalue weighted by atomic mass is 10.4. The topological polar surface area (TPSA) is 101 Å². The number of amides is 4. The summed E-state index contributed by atoms with van der Waals surface area (Å²) in [6, 6.07) is 0. The first kappa shape index (κ1) is 12.9. The summed E-state index contributed by atoms with van der Waals surface area (Å²) in [4.78, 5) is 62.6. The molecule has 0 saturated carbocycles. The van der Waals surface area contributed by atoms with E-state index in [1.54, 1.807) is 0 Å². The van der Waals surface area contributed by atoms with E-state index < -0.39 is 29.6 Å². The highest BCUT2D eigenvalue weighted by atomic mass is 16.7. The largest absolute Gasteiger partial charge is 0.332 e. The van der Waals surface area contributed by atoms with Crippen molar-refractivity contribution >= 4 is 29.6 Å². The van der Waals surface area contributed by atoms with E-state index in [9.17, 15) is 24.0 Å². The van der Waals surface area contributed by atoms with Crippen LogP contribution in [0.25, 0.3) is 0 Å². The molecule has 0 atom stereocenters. The van der Waals surface area contributed by atoms with E-state index in [4.69, 9.17) is 0 Å². The van der Waals surface area contributed by atoms with Crippen molar-refractivity contribution in [1.29, 1.82) is 0 Å². The van der Waals surface area contributed by atoms with Crippen molar-refractivity contribution in [2.45, 2.75) is 26.2 Å². The number of likely N-dealkylation sites (tertiary alicyclic amines) is 1. The van der Waals surface area contributed by atoms with Gasteiger partial charge in [-0.3, -0.25) is 19.2 Å². The van der Waals surface area contributed by atoms with Gasteiger partial charge < -0.3 is 4.84 Å². The van der Waals surface area contributed by atoms with Gasteiger partial charge in [0.2, 0.25) is 11.8 Å². The minimum absolute atomic E-state index is 0.00755. The average molecular weight is 266 g/mol. The number of carbonyl (C=O) groups excluding carboxylic acids is 5. The third-order valence-electron chi connectivity index (χ3n) is 2.64. The number of hydrogen-bond acceptors (Lipinski definition) is 6. The Morgan fingerprint density at radius 1 is 1.21 bits per heavy atom. The first-order valence-electron chi connectivity index (χ1n) is 5.62. The Morgan fingerprint density at radius 2 is 1.79 bits per heavy atom. The van der Waals surface area contributed by atoms with E-state index in [2.05, 4.69) is 4.84 Å². The Balaban J connectivity index is 2.21. The first-order valence-corrected chi connectivity index (χ1v) is 5.62. The van der Waals surface area contributed by atoms with Crippen molar-refractivity contribution in [3.63, 3.8) is 0 Å². The second kappa shape index (κ2) is 4.63. The van der Waals surface area contributed by atoms with E-state index in [1.807, 2.05) is 0 Å². The standard InChI is InChI=1S/C11H10N2O6/c1-2-10(17)19-13-9(16)5-6(11(13)18)12-7(14)3-4-8(12)15/h5H,2-4H2,1H3. The van der Waals surface area contributed by atoms with Gasteiger partial charge in [0.05, 0.1) is 0 Å². The maximum atomic E-state index is 11.9. The first-order chi connectivity index (χ1) is 8.95. The maximum absolute atomic E-state index is 11.9. The molecule has 0 aliphatic carbocycles. The Morgan fingerprint density at radius 3 is 2.32 bits per heavy atom. The fourth-order valence-electron chi connectivity index (χ4n) is 1.70. The normalized spacial score (nSPS) is 19.3. The van der Waals surface area contributed by atoms with Gasteiger partial charge in [-0.15, -0.1) is 0 Å². The molecule has 1 fully saturated rings. The van der Waals surface area contributed by atoms with Crippen LogP contribution in [0.1, 0.15) is 26.2 Å². The monoisotopic (exact) mass is 266 g/mol. The summed E-state index contributed by atoms with van der Waals surface area (Å²) in [5, 5.41) is 0.250. The molecule has 1 saturated heterocycles. The summed E-state index contributed by atoms with van der Waals surface area (Å²) in [6.45, 7) is 1.50. The predicted molar refractivity (Wildman–Crippen MR) is 57.4 cm³/mol. The summed E-state index contributed by atoms with van der Waals surface area (Å²) in [5.74, 6) is -3.76. The van der Waals surface area contributed by atoms with Crippen LogP contribution in [-0.2, 0) is 28.8 Å². The number of imide groups is 2. The quantitative estimate of drug-likeness (QED) is 0.623. The van der Waals surface area contributed by atoms with Gasteiger partial charge in [-0.05, 0) is 0 Å². The lowest BCUT2D eigenvalue weighted by molar-refractivity contribution is -0.196. The van der Waals surface area contributed by atoms with Crippen LogP contribution in [0.2, 0.25) is 0 Å². The molecule has 0 radical (unpaired) electrons. The zero-order valence-corrected chi connectivity index (χ0v) is 10.0. The number of hydrogen-bond donors (Lipinski definition) is 0. The second-order valence-corrected chi connectivity index (χ2v) is 3.91. The molecular formula is C11H10N2O6. The number of hydroxylamine groups is 2. The van der Waals surface area contributed by atoms with Gasteiger partial charge >= 0.3 is 11.9 Å². The van der Waals surface area contributed by atoms with Gasteiger partial charge in [-0.2, -0.15) is 0 Å². The molecule has 100 valence electrons. The van der Waals surface area contributed by atoms with Gasteiger partial charge in [0.1, 0.15) is 5.70 Å². The van der Waals surface area contributed by atoms with Crippen molar-refractivity contribution in [1.82, 2.24) is 9.96 Å². The molecule has 0 aromatic carbocycles. The minimum Gasteiger partial charge on any atom is -0.330 e. The van der Waals surface area contributed by atoms with Crippen LogP contribution in [0, 0.1) is 0 Å². The molecule has 0 unspecified atom stereocenters. The molecule has 0 aromatic heterocycles. The number of nitrogens with zero attached hydrogens (tertiary/aromatic N) is 2. The average Bonchev–Trinajstić information content (AvgIpc) is 2.83. The highest BCUT2D eigenvalue weighted by Crippen LogP contribution is 2.24. The van der Waals surface area contributed by atoms with E-state index >= 15 is 0 Å². The zero-order chi connectivity index (χ0) is 14.2. The summed E-state index contributed by atoms with van der Waals surface area (Å²) in [7, 11) is 0. The van der Waals surface area contributed by atoms with Crippen LogP contribution in [-0.4, -0.2) is 39.6 Å². The van der Waals surface area contributed by atoms with Gasteiger partial charge in [0.25, 0.3) is 5.91 Å². The fraction of sp³-hybridized carbons (Fsp3) is 0.364. The van der Waals surface area contributed by atoms with Crippen LogP contribution >= 0.6 is 0 Å². The summed E-state index contributed by atoms with van der Waals surface area (Å²) >= 11 is 0. The Kier molecular flexibility index (Phi) is 3.16. The van der Waals surface area contributed by atoms with Crippen molar-refractivity contribution in [2.75, 3.05) is 0 Å². The summed E-state index contributed by atoms with van der Waals surface area (Å²) in [6.07, 6.45) is 0.777. The molecule has 2 aliphatic rings. The molecule has 8 nitrogen and oxygen atoms in total. The SMILES string of the molecule is CCC(=O)ON1C(=O)C=C(N2C(=O)CCC2=O)C1=O. The zero-order valence-electron chi connectivity index (χ0n) is 10.0. The van der Waals surface area contributed by atoms with Crippen LogP contribution in [0.15, 0.2) is 11.8 Å². The third kappa shape index (κ3) is 2.12. The molecule has 0 aromatic rings. The van der Waals surface area contributed by atoms with Crippen LogP contribution in [0.4, 0.5) is 0 Å². The van der Waals surface area contributed by atoms with Crippen molar-refractivity contribution < 1.29 is 28.8 Å². The summed E-state index contributed by atoms with van der Waals surface area (Å²) in [5.41, 5.74) is -0.374. The second-order valence-electron chi connectivity index (χ2n) is 3.91. The number of carbonyl (C=O) groups is 5. The molecule has 19 heavy (non-hydrogen) atoms. The smallest absolute Gasteiger partial charge is 0.330 e. The van der Waals surface area contributed by atoms with Gasteiger partial charge in [0.15, 0.2) is 0 Å². The molecular weight excluding hydrogens is 256 g/mol. The van der Waals surface area contributed by atoms with E-state index in [1.165, 1.54) is 6.92 Å². The van der Waals surface area contributed by atoms with E-state index in [-0.39, 0.29) is 30.0 Å². The predicted octanol–water partition coefficient (Wildman–Crippen LogP) is -0.744. The molecule has 2 rings (SSSR count). The molecule has 0 N–H and O–H groups in total. The van der Waals surface area contributed by atoms with Gasteiger partial charge in [-0.25, -0.2) is 9.69 Å². The Labute approximate surface area is 107 Å². The van der Waals surface area contributed by atoms with Crippen molar-refractivity contribution in [3.8, 4) is 0 Å². The van der Waals surface area contributed by atoms with Crippen LogP contribution in [0.5, 0.6) is 0 Å². The lowest BCUT2D eigenvalue weighted by Crippen LogP contribution is -2.38. The molecule has 8 heteroatoms. The third-order valence-corrected chi connectivity index (χ3v) is 2.64. The fourth-order valence-corrected chi connectivity index (χ4v) is 1.70. The Bertz CT molecular complexity index is 519. The van der Waals surface area contributed by atoms with Crippen molar-refractivity contribution in [2.24, 2.45) is 0 Å². The van der Waals surface area contributed by atoms with Gasteiger partial charge in [-0.1, -0.05) is 12.0 Å². The maximum Gasteiger partial charge on any atom is 0.332 e. The van der Waals surface area contributed by atoms with E-state index in [0.29, 0.717) is 4.90 Å². The summed E-state index contributed by atoms with van der Waals surface area (Å²) < 4.78 is 0.